The Morgan fingerprint density at radius 3 is 2.67 bits per heavy atom. The minimum absolute atomic E-state index is 0.0342. The van der Waals surface area contributed by atoms with Crippen LogP contribution in [0.2, 0.25) is 0 Å². The monoisotopic (exact) mass is 263 g/mol. The minimum atomic E-state index is -2.71. The number of amides is 1. The number of carboxylic acids is 1. The van der Waals surface area contributed by atoms with Gasteiger partial charge in [0.05, 0.1) is 0 Å². The van der Waals surface area contributed by atoms with Gasteiger partial charge >= 0.3 is 5.97 Å². The summed E-state index contributed by atoms with van der Waals surface area (Å²) < 4.78 is 25.8. The van der Waals surface area contributed by atoms with Gasteiger partial charge in [0.25, 0.3) is 0 Å². The predicted octanol–water partition coefficient (Wildman–Crippen LogP) is 2.04. The SMILES string of the molecule is CC(CCC(=O)O)CNC(=O)C1CCC(F)(F)C1. The topological polar surface area (TPSA) is 66.4 Å². The van der Waals surface area contributed by atoms with Crippen LogP contribution in [0.5, 0.6) is 0 Å². The van der Waals surface area contributed by atoms with Crippen LogP contribution in [-0.2, 0) is 9.59 Å². The van der Waals surface area contributed by atoms with Gasteiger partial charge in [-0.05, 0) is 18.8 Å². The van der Waals surface area contributed by atoms with E-state index in [2.05, 4.69) is 5.32 Å². The van der Waals surface area contributed by atoms with E-state index in [1.807, 2.05) is 6.92 Å². The van der Waals surface area contributed by atoms with E-state index in [1.54, 1.807) is 0 Å². The van der Waals surface area contributed by atoms with Crippen LogP contribution >= 0.6 is 0 Å². The molecule has 0 bridgehead atoms. The zero-order valence-electron chi connectivity index (χ0n) is 10.4. The van der Waals surface area contributed by atoms with E-state index >= 15 is 0 Å². The van der Waals surface area contributed by atoms with Crippen LogP contribution in [0.1, 0.15) is 39.0 Å². The molecule has 18 heavy (non-hydrogen) atoms. The Morgan fingerprint density at radius 2 is 2.17 bits per heavy atom. The van der Waals surface area contributed by atoms with Crippen LogP contribution in [0.3, 0.4) is 0 Å². The number of hydrogen-bond acceptors (Lipinski definition) is 2. The molecule has 0 radical (unpaired) electrons. The zero-order chi connectivity index (χ0) is 13.8. The molecule has 2 N–H and O–H groups in total. The molecule has 0 aliphatic heterocycles. The number of carboxylic acid groups (broad SMARTS) is 1. The molecule has 6 heteroatoms. The summed E-state index contributed by atoms with van der Waals surface area (Å²) in [6.07, 6.45) is 0.152. The van der Waals surface area contributed by atoms with Gasteiger partial charge in [0.15, 0.2) is 0 Å². The first-order valence-corrected chi connectivity index (χ1v) is 6.17. The molecule has 0 heterocycles. The second-order valence-corrected chi connectivity index (χ2v) is 5.08. The molecule has 1 amide bonds. The second kappa shape index (κ2) is 6.11. The number of alkyl halides is 2. The van der Waals surface area contributed by atoms with E-state index in [4.69, 9.17) is 5.11 Å². The van der Waals surface area contributed by atoms with Crippen molar-refractivity contribution in [3.05, 3.63) is 0 Å². The fourth-order valence-corrected chi connectivity index (χ4v) is 2.06. The molecule has 0 aromatic heterocycles. The van der Waals surface area contributed by atoms with E-state index in [1.165, 1.54) is 0 Å². The molecule has 0 saturated heterocycles. The van der Waals surface area contributed by atoms with Crippen molar-refractivity contribution in [3.63, 3.8) is 0 Å². The van der Waals surface area contributed by atoms with Crippen molar-refractivity contribution in [1.29, 1.82) is 0 Å². The fourth-order valence-electron chi connectivity index (χ4n) is 2.06. The van der Waals surface area contributed by atoms with Gasteiger partial charge in [-0.2, -0.15) is 0 Å². The van der Waals surface area contributed by atoms with Crippen LogP contribution in [0.25, 0.3) is 0 Å². The van der Waals surface area contributed by atoms with Crippen molar-refractivity contribution in [2.75, 3.05) is 6.54 Å². The minimum Gasteiger partial charge on any atom is -0.481 e. The maximum absolute atomic E-state index is 12.9. The molecular formula is C12H19F2NO3. The van der Waals surface area contributed by atoms with Crippen molar-refractivity contribution in [1.82, 2.24) is 5.32 Å². The number of carbonyl (C=O) groups excluding carboxylic acids is 1. The van der Waals surface area contributed by atoms with E-state index in [-0.39, 0.29) is 37.5 Å². The Balaban J connectivity index is 2.23. The molecule has 0 aromatic carbocycles. The van der Waals surface area contributed by atoms with Crippen LogP contribution in [-0.4, -0.2) is 29.5 Å². The first-order valence-electron chi connectivity index (χ1n) is 6.17. The highest BCUT2D eigenvalue weighted by molar-refractivity contribution is 5.79. The first-order chi connectivity index (χ1) is 8.30. The molecular weight excluding hydrogens is 244 g/mol. The lowest BCUT2D eigenvalue weighted by molar-refractivity contribution is -0.137. The number of rotatable bonds is 6. The molecule has 4 nitrogen and oxygen atoms in total. The molecule has 1 saturated carbocycles. The van der Waals surface area contributed by atoms with Gasteiger partial charge in [-0.3, -0.25) is 9.59 Å². The molecule has 0 aromatic rings. The summed E-state index contributed by atoms with van der Waals surface area (Å²) in [5.74, 6) is -4.49. The number of hydrogen-bond donors (Lipinski definition) is 2. The first kappa shape index (κ1) is 14.9. The summed E-state index contributed by atoms with van der Waals surface area (Å²) >= 11 is 0. The van der Waals surface area contributed by atoms with Crippen LogP contribution in [0.4, 0.5) is 8.78 Å². The number of carbonyl (C=O) groups is 2. The third-order valence-electron chi connectivity index (χ3n) is 3.25. The summed E-state index contributed by atoms with van der Waals surface area (Å²) in [7, 11) is 0. The smallest absolute Gasteiger partial charge is 0.303 e. The summed E-state index contributed by atoms with van der Waals surface area (Å²) in [6, 6.07) is 0. The zero-order valence-corrected chi connectivity index (χ0v) is 10.4. The largest absolute Gasteiger partial charge is 0.481 e. The van der Waals surface area contributed by atoms with E-state index in [0.29, 0.717) is 13.0 Å². The third-order valence-corrected chi connectivity index (χ3v) is 3.25. The molecule has 1 fully saturated rings. The Kier molecular flexibility index (Phi) is 5.04. The molecule has 1 aliphatic carbocycles. The van der Waals surface area contributed by atoms with Crippen LogP contribution in [0.15, 0.2) is 0 Å². The molecule has 104 valence electrons. The highest BCUT2D eigenvalue weighted by atomic mass is 19.3. The van der Waals surface area contributed by atoms with Gasteiger partial charge in [-0.15, -0.1) is 0 Å². The Bertz CT molecular complexity index is 320. The number of halogens is 2. The quantitative estimate of drug-likeness (QED) is 0.770. The maximum atomic E-state index is 12.9. The highest BCUT2D eigenvalue weighted by Crippen LogP contribution is 2.38. The van der Waals surface area contributed by atoms with Crippen molar-refractivity contribution in [2.45, 2.75) is 45.0 Å². The van der Waals surface area contributed by atoms with E-state index < -0.39 is 17.8 Å². The van der Waals surface area contributed by atoms with Gasteiger partial charge in [0, 0.05) is 31.7 Å². The molecule has 0 spiro atoms. The summed E-state index contributed by atoms with van der Waals surface area (Å²) in [5.41, 5.74) is 0. The van der Waals surface area contributed by atoms with Crippen LogP contribution < -0.4 is 5.32 Å². The van der Waals surface area contributed by atoms with Gasteiger partial charge < -0.3 is 10.4 Å². The lowest BCUT2D eigenvalue weighted by Gasteiger charge is -2.14. The average Bonchev–Trinajstić information content (AvgIpc) is 2.63. The standard InChI is InChI=1S/C12H19F2NO3/c1-8(2-3-10(16)17)7-15-11(18)9-4-5-12(13,14)6-9/h8-9H,2-7H2,1H3,(H,15,18)(H,16,17). The Hall–Kier alpha value is -1.20. The lowest BCUT2D eigenvalue weighted by atomic mass is 10.0. The molecule has 2 unspecified atom stereocenters. The van der Waals surface area contributed by atoms with Gasteiger partial charge in [0.2, 0.25) is 11.8 Å². The third kappa shape index (κ3) is 4.98. The van der Waals surface area contributed by atoms with Gasteiger partial charge in [-0.25, -0.2) is 8.78 Å². The summed E-state index contributed by atoms with van der Waals surface area (Å²) in [6.45, 7) is 2.17. The van der Waals surface area contributed by atoms with Crippen molar-refractivity contribution < 1.29 is 23.5 Å². The Morgan fingerprint density at radius 1 is 1.50 bits per heavy atom. The summed E-state index contributed by atoms with van der Waals surface area (Å²) in [5, 5.41) is 11.1. The summed E-state index contributed by atoms with van der Waals surface area (Å²) in [4.78, 5) is 22.0. The Labute approximate surface area is 105 Å². The van der Waals surface area contributed by atoms with Crippen molar-refractivity contribution >= 4 is 11.9 Å². The average molecular weight is 263 g/mol. The maximum Gasteiger partial charge on any atom is 0.303 e. The van der Waals surface area contributed by atoms with E-state index in [0.717, 1.165) is 0 Å². The van der Waals surface area contributed by atoms with Gasteiger partial charge in [-0.1, -0.05) is 6.92 Å². The molecule has 1 aliphatic rings. The van der Waals surface area contributed by atoms with Gasteiger partial charge in [0.1, 0.15) is 0 Å². The number of aliphatic carboxylic acids is 1. The number of nitrogens with one attached hydrogen (secondary N) is 1. The molecule has 1 rings (SSSR count). The van der Waals surface area contributed by atoms with Crippen molar-refractivity contribution in [2.24, 2.45) is 11.8 Å². The van der Waals surface area contributed by atoms with Crippen LogP contribution in [0, 0.1) is 11.8 Å². The normalized spacial score (nSPS) is 23.6. The second-order valence-electron chi connectivity index (χ2n) is 5.08. The predicted molar refractivity (Wildman–Crippen MR) is 61.3 cm³/mol. The van der Waals surface area contributed by atoms with E-state index in [9.17, 15) is 18.4 Å². The molecule has 2 atom stereocenters. The van der Waals surface area contributed by atoms with Crippen molar-refractivity contribution in [3.8, 4) is 0 Å². The highest BCUT2D eigenvalue weighted by Gasteiger charge is 2.42. The lowest BCUT2D eigenvalue weighted by Crippen LogP contribution is -2.33. The fraction of sp³-hybridized carbons (Fsp3) is 0.833.